The molecule has 0 aromatic carbocycles. The molecule has 2 atom stereocenters. The number of carbonyl (C=O) groups is 1. The van der Waals surface area contributed by atoms with Crippen LogP contribution in [0.3, 0.4) is 0 Å². The van der Waals surface area contributed by atoms with Crippen LogP contribution in [0, 0.1) is 5.92 Å². The molecule has 24 heavy (non-hydrogen) atoms. The zero-order chi connectivity index (χ0) is 16.9. The van der Waals surface area contributed by atoms with E-state index in [0.717, 1.165) is 50.3 Å². The molecule has 0 spiro atoms. The van der Waals surface area contributed by atoms with Crippen LogP contribution in [-0.2, 0) is 17.8 Å². The molecule has 2 aromatic heterocycles. The zero-order valence-corrected chi connectivity index (χ0v) is 14.5. The molecule has 130 valence electrons. The summed E-state index contributed by atoms with van der Waals surface area (Å²) in [6.45, 7) is 5.87. The van der Waals surface area contributed by atoms with E-state index in [9.17, 15) is 4.79 Å². The summed E-state index contributed by atoms with van der Waals surface area (Å²) in [4.78, 5) is 18.7. The Kier molecular flexibility index (Phi) is 5.33. The van der Waals surface area contributed by atoms with Gasteiger partial charge >= 0.3 is 0 Å². The Hall–Kier alpha value is -2.11. The van der Waals surface area contributed by atoms with Crippen molar-refractivity contribution in [1.82, 2.24) is 19.7 Å². The van der Waals surface area contributed by atoms with Gasteiger partial charge < -0.3 is 9.32 Å². The molecule has 2 aromatic rings. The number of aryl methyl sites for hydroxylation is 2. The number of piperidine rings is 1. The maximum Gasteiger partial charge on any atom is 0.223 e. The fourth-order valence-electron chi connectivity index (χ4n) is 3.36. The van der Waals surface area contributed by atoms with Gasteiger partial charge in [-0.25, -0.2) is 4.98 Å². The topological polar surface area (TPSA) is 64.2 Å². The van der Waals surface area contributed by atoms with Gasteiger partial charge in [-0.3, -0.25) is 9.48 Å². The predicted molar refractivity (Wildman–Crippen MR) is 90.2 cm³/mol. The third kappa shape index (κ3) is 3.86. The van der Waals surface area contributed by atoms with Gasteiger partial charge in [-0.15, -0.1) is 0 Å². The van der Waals surface area contributed by atoms with Crippen LogP contribution < -0.4 is 0 Å². The minimum atomic E-state index is 0.0768. The molecule has 1 saturated heterocycles. The van der Waals surface area contributed by atoms with Crippen LogP contribution in [0.5, 0.6) is 0 Å². The molecule has 0 radical (unpaired) electrons. The molecule has 0 saturated carbocycles. The van der Waals surface area contributed by atoms with Crippen molar-refractivity contribution in [2.24, 2.45) is 5.92 Å². The van der Waals surface area contributed by atoms with Crippen LogP contribution in [0.1, 0.15) is 57.1 Å². The maximum absolute atomic E-state index is 12.7. The number of amides is 1. The van der Waals surface area contributed by atoms with Crippen LogP contribution in [-0.4, -0.2) is 32.1 Å². The Morgan fingerprint density at radius 3 is 3.00 bits per heavy atom. The molecule has 1 aliphatic heterocycles. The smallest absolute Gasteiger partial charge is 0.223 e. The first-order valence-electron chi connectivity index (χ1n) is 8.88. The van der Waals surface area contributed by atoms with E-state index in [1.54, 1.807) is 11.0 Å². The molecule has 0 bridgehead atoms. The number of hydrogen-bond acceptors (Lipinski definition) is 4. The lowest BCUT2D eigenvalue weighted by atomic mass is 9.90. The summed E-state index contributed by atoms with van der Waals surface area (Å²) in [5, 5.41) is 4.08. The molecule has 1 fully saturated rings. The fourth-order valence-corrected chi connectivity index (χ4v) is 3.36. The second-order valence-corrected chi connectivity index (χ2v) is 6.65. The van der Waals surface area contributed by atoms with Crippen LogP contribution in [0.2, 0.25) is 0 Å². The second-order valence-electron chi connectivity index (χ2n) is 6.65. The second kappa shape index (κ2) is 7.64. The molecule has 6 heteroatoms. The third-order valence-electron chi connectivity index (χ3n) is 4.79. The molecule has 0 N–H and O–H groups in total. The minimum Gasteiger partial charge on any atom is -0.464 e. The summed E-state index contributed by atoms with van der Waals surface area (Å²) in [6.07, 6.45) is 7.44. The standard InChI is InChI=1S/C18H26N4O2/c1-3-15-6-7-17(24-15)16-11-14(2)8-10-22(16)18(23)5-4-9-21-13-19-12-20-21/h6-7,12-14,16H,3-5,8-11H2,1-2H3/t14-,16+/m1/s1. The van der Waals surface area contributed by atoms with Gasteiger partial charge in [0, 0.05) is 25.9 Å². The summed E-state index contributed by atoms with van der Waals surface area (Å²) < 4.78 is 7.72. The summed E-state index contributed by atoms with van der Waals surface area (Å²) in [5.74, 6) is 2.75. The van der Waals surface area contributed by atoms with Crippen molar-refractivity contribution in [2.45, 2.75) is 58.5 Å². The number of nitrogens with zero attached hydrogens (tertiary/aromatic N) is 4. The van der Waals surface area contributed by atoms with Gasteiger partial charge in [-0.05, 0) is 37.3 Å². The molecule has 1 amide bonds. The van der Waals surface area contributed by atoms with Crippen molar-refractivity contribution < 1.29 is 9.21 Å². The average molecular weight is 330 g/mol. The van der Waals surface area contributed by atoms with Gasteiger partial charge in [0.25, 0.3) is 0 Å². The minimum absolute atomic E-state index is 0.0768. The summed E-state index contributed by atoms with van der Waals surface area (Å²) >= 11 is 0. The van der Waals surface area contributed by atoms with E-state index < -0.39 is 0 Å². The van der Waals surface area contributed by atoms with Crippen molar-refractivity contribution >= 4 is 5.91 Å². The van der Waals surface area contributed by atoms with E-state index in [1.807, 2.05) is 17.0 Å². The highest BCUT2D eigenvalue weighted by atomic mass is 16.3. The molecule has 6 nitrogen and oxygen atoms in total. The molecule has 0 aliphatic carbocycles. The highest BCUT2D eigenvalue weighted by Gasteiger charge is 2.32. The van der Waals surface area contributed by atoms with Crippen molar-refractivity contribution in [2.75, 3.05) is 6.54 Å². The Morgan fingerprint density at radius 2 is 2.29 bits per heavy atom. The normalized spacial score (nSPS) is 21.2. The van der Waals surface area contributed by atoms with E-state index in [0.29, 0.717) is 12.3 Å². The van der Waals surface area contributed by atoms with Gasteiger partial charge in [0.2, 0.25) is 5.91 Å². The van der Waals surface area contributed by atoms with E-state index in [4.69, 9.17) is 4.42 Å². The van der Waals surface area contributed by atoms with Gasteiger partial charge in [0.1, 0.15) is 24.2 Å². The van der Waals surface area contributed by atoms with Crippen molar-refractivity contribution in [3.63, 3.8) is 0 Å². The molecular formula is C18H26N4O2. The highest BCUT2D eigenvalue weighted by Crippen LogP contribution is 2.35. The van der Waals surface area contributed by atoms with E-state index >= 15 is 0 Å². The van der Waals surface area contributed by atoms with E-state index in [-0.39, 0.29) is 11.9 Å². The molecular weight excluding hydrogens is 304 g/mol. The average Bonchev–Trinajstić information content (AvgIpc) is 3.26. The van der Waals surface area contributed by atoms with Crippen LogP contribution in [0.25, 0.3) is 0 Å². The third-order valence-corrected chi connectivity index (χ3v) is 4.79. The van der Waals surface area contributed by atoms with Gasteiger partial charge in [-0.2, -0.15) is 5.10 Å². The number of furan rings is 1. The quantitative estimate of drug-likeness (QED) is 0.816. The van der Waals surface area contributed by atoms with Crippen molar-refractivity contribution in [3.05, 3.63) is 36.3 Å². The summed E-state index contributed by atoms with van der Waals surface area (Å²) in [5.41, 5.74) is 0. The first-order chi connectivity index (χ1) is 11.7. The monoisotopic (exact) mass is 330 g/mol. The fraction of sp³-hybridized carbons (Fsp3) is 0.611. The van der Waals surface area contributed by atoms with Crippen LogP contribution in [0.4, 0.5) is 0 Å². The largest absolute Gasteiger partial charge is 0.464 e. The first kappa shape index (κ1) is 16.7. The van der Waals surface area contributed by atoms with Gasteiger partial charge in [0.15, 0.2) is 0 Å². The first-order valence-corrected chi connectivity index (χ1v) is 8.88. The van der Waals surface area contributed by atoms with Gasteiger partial charge in [0.05, 0.1) is 6.04 Å². The van der Waals surface area contributed by atoms with Crippen molar-refractivity contribution in [3.8, 4) is 0 Å². The number of carbonyl (C=O) groups excluding carboxylic acids is 1. The lowest BCUT2D eigenvalue weighted by molar-refractivity contribution is -0.136. The number of hydrogen-bond donors (Lipinski definition) is 0. The Balaban J connectivity index is 1.63. The molecule has 3 rings (SSSR count). The maximum atomic E-state index is 12.7. The number of likely N-dealkylation sites (tertiary alicyclic amines) is 1. The van der Waals surface area contributed by atoms with Crippen LogP contribution in [0.15, 0.2) is 29.2 Å². The number of aromatic nitrogens is 3. The summed E-state index contributed by atoms with van der Waals surface area (Å²) in [6, 6.07) is 4.15. The van der Waals surface area contributed by atoms with Crippen molar-refractivity contribution in [1.29, 1.82) is 0 Å². The lowest BCUT2D eigenvalue weighted by Crippen LogP contribution is -2.40. The molecule has 1 aliphatic rings. The number of rotatable bonds is 6. The van der Waals surface area contributed by atoms with Crippen LogP contribution >= 0.6 is 0 Å². The predicted octanol–water partition coefficient (Wildman–Crippen LogP) is 3.21. The Labute approximate surface area is 142 Å². The highest BCUT2D eigenvalue weighted by molar-refractivity contribution is 5.76. The lowest BCUT2D eigenvalue weighted by Gasteiger charge is -2.37. The Morgan fingerprint density at radius 1 is 1.42 bits per heavy atom. The van der Waals surface area contributed by atoms with Gasteiger partial charge in [-0.1, -0.05) is 13.8 Å². The van der Waals surface area contributed by atoms with E-state index in [1.165, 1.54) is 6.33 Å². The van der Waals surface area contributed by atoms with E-state index in [2.05, 4.69) is 23.9 Å². The Bertz CT molecular complexity index is 650. The molecule has 3 heterocycles. The zero-order valence-electron chi connectivity index (χ0n) is 14.5. The molecule has 0 unspecified atom stereocenters. The SMILES string of the molecule is CCc1ccc([C@@H]2C[C@H](C)CCN2C(=O)CCCn2cncn2)o1. The summed E-state index contributed by atoms with van der Waals surface area (Å²) in [7, 11) is 0.